The van der Waals surface area contributed by atoms with Gasteiger partial charge in [-0.05, 0) is 60.7 Å². The summed E-state index contributed by atoms with van der Waals surface area (Å²) >= 11 is 0. The van der Waals surface area contributed by atoms with Gasteiger partial charge in [0.05, 0.1) is 11.2 Å². The Morgan fingerprint density at radius 2 is 1.33 bits per heavy atom. The lowest BCUT2D eigenvalue weighted by Crippen LogP contribution is -1.94. The van der Waals surface area contributed by atoms with Gasteiger partial charge in [0.25, 0.3) is 0 Å². The molecule has 154 valence electrons. The number of fused-ring (bicyclic) bond motifs is 1. The number of halogens is 1. The van der Waals surface area contributed by atoms with Crippen LogP contribution in [0.25, 0.3) is 28.2 Å². The van der Waals surface area contributed by atoms with Crippen LogP contribution in [-0.4, -0.2) is 9.97 Å². The average Bonchev–Trinajstić information content (AvgIpc) is 2.83. The van der Waals surface area contributed by atoms with Crippen LogP contribution in [-0.2, 0) is 0 Å². The van der Waals surface area contributed by atoms with E-state index in [4.69, 9.17) is 4.74 Å². The van der Waals surface area contributed by atoms with E-state index in [0.29, 0.717) is 17.3 Å². The Morgan fingerprint density at radius 1 is 0.767 bits per heavy atom. The Labute approximate surface area is 177 Å². The molecule has 0 aliphatic heterocycles. The SMILES string of the molecule is C=Cc1nc(-c2ccc(Oc3ccc(F)cc3)cc2)c2ccccc2n1.CC.CC. The maximum atomic E-state index is 13.0. The van der Waals surface area contributed by atoms with Crippen molar-refractivity contribution < 1.29 is 9.13 Å². The Hall–Kier alpha value is -3.53. The van der Waals surface area contributed by atoms with Crippen molar-refractivity contribution in [3.05, 3.63) is 91.0 Å². The van der Waals surface area contributed by atoms with Crippen LogP contribution in [0, 0.1) is 5.82 Å². The largest absolute Gasteiger partial charge is 0.457 e. The fraction of sp³-hybridized carbons (Fsp3) is 0.154. The van der Waals surface area contributed by atoms with E-state index < -0.39 is 0 Å². The number of hydrogen-bond donors (Lipinski definition) is 0. The molecule has 30 heavy (non-hydrogen) atoms. The zero-order valence-corrected chi connectivity index (χ0v) is 17.9. The molecule has 3 aromatic carbocycles. The molecule has 1 aromatic heterocycles. The summed E-state index contributed by atoms with van der Waals surface area (Å²) in [6.45, 7) is 11.8. The lowest BCUT2D eigenvalue weighted by atomic mass is 10.1. The molecular formula is C26H27FN2O. The van der Waals surface area contributed by atoms with E-state index in [2.05, 4.69) is 16.5 Å². The topological polar surface area (TPSA) is 35.0 Å². The summed E-state index contributed by atoms with van der Waals surface area (Å²) in [7, 11) is 0. The minimum Gasteiger partial charge on any atom is -0.457 e. The van der Waals surface area contributed by atoms with Gasteiger partial charge in [0.1, 0.15) is 17.3 Å². The van der Waals surface area contributed by atoms with Crippen molar-refractivity contribution in [1.82, 2.24) is 9.97 Å². The quantitative estimate of drug-likeness (QED) is 0.348. The molecular weight excluding hydrogens is 375 g/mol. The smallest absolute Gasteiger partial charge is 0.152 e. The second-order valence-electron chi connectivity index (χ2n) is 5.73. The van der Waals surface area contributed by atoms with Gasteiger partial charge < -0.3 is 4.74 Å². The molecule has 1 heterocycles. The molecule has 0 saturated heterocycles. The number of hydrogen-bond acceptors (Lipinski definition) is 3. The van der Waals surface area contributed by atoms with Crippen molar-refractivity contribution in [3.8, 4) is 22.8 Å². The number of para-hydroxylation sites is 1. The van der Waals surface area contributed by atoms with Crippen molar-refractivity contribution in [1.29, 1.82) is 0 Å². The fourth-order valence-electron chi connectivity index (χ4n) is 2.73. The average molecular weight is 403 g/mol. The van der Waals surface area contributed by atoms with E-state index in [1.807, 2.05) is 76.2 Å². The van der Waals surface area contributed by atoms with Crippen LogP contribution in [0.5, 0.6) is 11.5 Å². The number of rotatable bonds is 4. The summed E-state index contributed by atoms with van der Waals surface area (Å²) in [5.74, 6) is 1.55. The van der Waals surface area contributed by atoms with Crippen LogP contribution in [0.2, 0.25) is 0 Å². The highest BCUT2D eigenvalue weighted by molar-refractivity contribution is 5.92. The molecule has 4 heteroatoms. The first-order chi connectivity index (χ1) is 14.7. The van der Waals surface area contributed by atoms with Crippen LogP contribution in [0.15, 0.2) is 79.4 Å². The van der Waals surface area contributed by atoms with Crippen LogP contribution >= 0.6 is 0 Å². The summed E-state index contributed by atoms with van der Waals surface area (Å²) in [5, 5.41) is 0.977. The van der Waals surface area contributed by atoms with Crippen molar-refractivity contribution in [2.75, 3.05) is 0 Å². The lowest BCUT2D eigenvalue weighted by Gasteiger charge is -2.09. The minimum atomic E-state index is -0.290. The second kappa shape index (κ2) is 11.5. The Balaban J connectivity index is 0.000000757. The van der Waals surface area contributed by atoms with Crippen molar-refractivity contribution in [3.63, 3.8) is 0 Å². The summed E-state index contributed by atoms with van der Waals surface area (Å²) in [5.41, 5.74) is 2.68. The predicted octanol–water partition coefficient (Wildman–Crippen LogP) is 7.92. The van der Waals surface area contributed by atoms with Gasteiger partial charge in [-0.25, -0.2) is 14.4 Å². The Morgan fingerprint density at radius 3 is 1.93 bits per heavy atom. The minimum absolute atomic E-state index is 0.290. The van der Waals surface area contributed by atoms with Gasteiger partial charge in [-0.2, -0.15) is 0 Å². The number of ether oxygens (including phenoxy) is 1. The van der Waals surface area contributed by atoms with Gasteiger partial charge in [-0.1, -0.05) is 52.5 Å². The first-order valence-corrected chi connectivity index (χ1v) is 10.2. The normalized spacial score (nSPS) is 9.63. The van der Waals surface area contributed by atoms with Crippen LogP contribution in [0.3, 0.4) is 0 Å². The maximum absolute atomic E-state index is 13.0. The standard InChI is InChI=1S/C22H15FN2O.2C2H6/c1-2-21-24-20-6-4-3-5-19(20)22(25-21)15-7-11-17(12-8-15)26-18-13-9-16(23)10-14-18;2*1-2/h2-14H,1H2;2*1-2H3. The van der Waals surface area contributed by atoms with Crippen molar-refractivity contribution >= 4 is 17.0 Å². The van der Waals surface area contributed by atoms with Crippen molar-refractivity contribution in [2.45, 2.75) is 27.7 Å². The Bertz CT molecular complexity index is 1070. The number of aromatic nitrogens is 2. The summed E-state index contributed by atoms with van der Waals surface area (Å²) < 4.78 is 18.7. The molecule has 0 radical (unpaired) electrons. The van der Waals surface area contributed by atoms with Gasteiger partial charge in [0.2, 0.25) is 0 Å². The first-order valence-electron chi connectivity index (χ1n) is 10.2. The van der Waals surface area contributed by atoms with Crippen LogP contribution < -0.4 is 4.74 Å². The van der Waals surface area contributed by atoms with Crippen LogP contribution in [0.1, 0.15) is 33.5 Å². The third-order valence-corrected chi connectivity index (χ3v) is 3.98. The van der Waals surface area contributed by atoms with E-state index in [-0.39, 0.29) is 5.82 Å². The van der Waals surface area contributed by atoms with Gasteiger partial charge in [-0.15, -0.1) is 0 Å². The van der Waals surface area contributed by atoms with E-state index >= 15 is 0 Å². The van der Waals surface area contributed by atoms with Crippen LogP contribution in [0.4, 0.5) is 4.39 Å². The van der Waals surface area contributed by atoms with E-state index in [0.717, 1.165) is 22.2 Å². The molecule has 0 aliphatic carbocycles. The third kappa shape index (κ3) is 5.51. The molecule has 0 saturated carbocycles. The Kier molecular flexibility index (Phi) is 8.70. The third-order valence-electron chi connectivity index (χ3n) is 3.98. The highest BCUT2D eigenvalue weighted by Gasteiger charge is 2.09. The zero-order valence-electron chi connectivity index (χ0n) is 17.9. The highest BCUT2D eigenvalue weighted by atomic mass is 19.1. The molecule has 0 unspecified atom stereocenters. The highest BCUT2D eigenvalue weighted by Crippen LogP contribution is 2.29. The van der Waals surface area contributed by atoms with E-state index in [1.165, 1.54) is 12.1 Å². The van der Waals surface area contributed by atoms with Gasteiger partial charge in [0, 0.05) is 10.9 Å². The molecule has 0 fully saturated rings. The van der Waals surface area contributed by atoms with Crippen molar-refractivity contribution in [2.24, 2.45) is 0 Å². The number of nitrogens with zero attached hydrogens (tertiary/aromatic N) is 2. The summed E-state index contributed by atoms with van der Waals surface area (Å²) in [6, 6.07) is 21.4. The molecule has 4 rings (SSSR count). The maximum Gasteiger partial charge on any atom is 0.152 e. The molecule has 0 atom stereocenters. The molecule has 0 N–H and O–H groups in total. The summed E-state index contributed by atoms with van der Waals surface area (Å²) in [4.78, 5) is 9.08. The molecule has 0 spiro atoms. The van der Waals surface area contributed by atoms with Gasteiger partial charge in [-0.3, -0.25) is 0 Å². The molecule has 4 aromatic rings. The molecule has 0 aliphatic rings. The molecule has 0 bridgehead atoms. The van der Waals surface area contributed by atoms with E-state index in [1.54, 1.807) is 18.2 Å². The monoisotopic (exact) mass is 402 g/mol. The van der Waals surface area contributed by atoms with Gasteiger partial charge >= 0.3 is 0 Å². The van der Waals surface area contributed by atoms with E-state index in [9.17, 15) is 4.39 Å². The molecule has 3 nitrogen and oxygen atoms in total. The summed E-state index contributed by atoms with van der Waals surface area (Å²) in [6.07, 6.45) is 1.64. The second-order valence-corrected chi connectivity index (χ2v) is 5.73. The first kappa shape index (κ1) is 22.8. The number of benzene rings is 3. The molecule has 0 amide bonds. The fourth-order valence-corrected chi connectivity index (χ4v) is 2.73. The van der Waals surface area contributed by atoms with Gasteiger partial charge in [0.15, 0.2) is 5.82 Å². The zero-order chi connectivity index (χ0) is 21.9. The lowest BCUT2D eigenvalue weighted by molar-refractivity contribution is 0.480. The predicted molar refractivity (Wildman–Crippen MR) is 124 cm³/mol.